The highest BCUT2D eigenvalue weighted by Crippen LogP contribution is 2.36. The zero-order valence-electron chi connectivity index (χ0n) is 21.0. The molecule has 0 bridgehead atoms. The Morgan fingerprint density at radius 3 is 2.50 bits per heavy atom. The molecule has 12 heteroatoms. The van der Waals surface area contributed by atoms with Gasteiger partial charge in [0.15, 0.2) is 17.2 Å². The van der Waals surface area contributed by atoms with E-state index in [9.17, 15) is 14.4 Å². The number of para-hydroxylation sites is 1. The van der Waals surface area contributed by atoms with Gasteiger partial charge in [-0.1, -0.05) is 24.3 Å². The third-order valence-electron chi connectivity index (χ3n) is 6.17. The first-order valence-corrected chi connectivity index (χ1v) is 12.7. The lowest BCUT2D eigenvalue weighted by atomic mass is 10.0. The van der Waals surface area contributed by atoms with Crippen molar-refractivity contribution in [1.29, 1.82) is 0 Å². The van der Waals surface area contributed by atoms with Gasteiger partial charge in [-0.3, -0.25) is 19.3 Å². The molecule has 38 heavy (non-hydrogen) atoms. The molecule has 2 atom stereocenters. The van der Waals surface area contributed by atoms with Crippen LogP contribution in [0.3, 0.4) is 0 Å². The number of benzene rings is 2. The van der Waals surface area contributed by atoms with Crippen molar-refractivity contribution in [2.75, 3.05) is 38.0 Å². The predicted octanol–water partition coefficient (Wildman–Crippen LogP) is 2.52. The quantitative estimate of drug-likeness (QED) is 0.354. The summed E-state index contributed by atoms with van der Waals surface area (Å²) in [7, 11) is 2.99. The van der Waals surface area contributed by atoms with E-state index in [2.05, 4.69) is 9.69 Å². The first kappa shape index (κ1) is 26.9. The Labute approximate surface area is 223 Å². The number of primary amides is 1. The molecule has 5 N–H and O–H groups in total. The Kier molecular flexibility index (Phi) is 8.44. The van der Waals surface area contributed by atoms with Gasteiger partial charge in [-0.2, -0.15) is 4.37 Å². The van der Waals surface area contributed by atoms with E-state index >= 15 is 0 Å². The summed E-state index contributed by atoms with van der Waals surface area (Å²) >= 11 is 0.744. The molecule has 4 rings (SSSR count). The van der Waals surface area contributed by atoms with Gasteiger partial charge >= 0.3 is 0 Å². The summed E-state index contributed by atoms with van der Waals surface area (Å²) in [6.07, 6.45) is 1.64. The Bertz CT molecular complexity index is 1310. The zero-order valence-corrected chi connectivity index (χ0v) is 21.8. The number of nitrogens with zero attached hydrogens (tertiary/aromatic N) is 2. The minimum atomic E-state index is -1.15. The smallest absolute Gasteiger partial charge is 0.273 e. The van der Waals surface area contributed by atoms with Crippen LogP contribution in [0.15, 0.2) is 48.5 Å². The minimum absolute atomic E-state index is 0.0138. The summed E-state index contributed by atoms with van der Waals surface area (Å²) in [5.41, 5.74) is 12.0. The molecule has 11 nitrogen and oxygen atoms in total. The lowest BCUT2D eigenvalue weighted by Crippen LogP contribution is -2.45. The van der Waals surface area contributed by atoms with E-state index in [0.29, 0.717) is 29.4 Å². The minimum Gasteiger partial charge on any atom is -0.493 e. The van der Waals surface area contributed by atoms with Crippen LogP contribution in [0.5, 0.6) is 11.5 Å². The van der Waals surface area contributed by atoms with Crippen LogP contribution in [0.25, 0.3) is 0 Å². The predicted molar refractivity (Wildman–Crippen MR) is 143 cm³/mol. The van der Waals surface area contributed by atoms with Crippen molar-refractivity contribution >= 4 is 40.6 Å². The standard InChI is InChI=1S/C26H29N5O6S/c1-35-18-11-10-15(13-19(18)36-2)22(25(33)29-14-17-9-6-12-37-17)31(16-7-4-3-5-8-16)26(34)23-20(27)21(24(28)32)30-38-23/h3-5,7-8,10-11,13,17,22H,6,9,12,14,27H2,1-2H3,(H2,28,32)(H,29,33)/t17-,22+/m1/s1. The lowest BCUT2D eigenvalue weighted by Gasteiger charge is -2.32. The van der Waals surface area contributed by atoms with Crippen LogP contribution in [0, 0.1) is 0 Å². The van der Waals surface area contributed by atoms with Crippen molar-refractivity contribution < 1.29 is 28.6 Å². The molecule has 1 aliphatic rings. The van der Waals surface area contributed by atoms with E-state index in [4.69, 9.17) is 25.7 Å². The zero-order chi connectivity index (χ0) is 27.2. The number of nitrogen functional groups attached to an aromatic ring is 1. The molecule has 3 aromatic rings. The Morgan fingerprint density at radius 2 is 1.89 bits per heavy atom. The summed E-state index contributed by atoms with van der Waals surface area (Å²) in [5.74, 6) is -1.07. The molecule has 1 fully saturated rings. The second-order valence-corrected chi connectivity index (χ2v) is 9.32. The first-order valence-electron chi connectivity index (χ1n) is 11.9. The van der Waals surface area contributed by atoms with Gasteiger partial charge in [-0.15, -0.1) is 0 Å². The van der Waals surface area contributed by atoms with Crippen LogP contribution >= 0.6 is 11.5 Å². The van der Waals surface area contributed by atoms with E-state index < -0.39 is 23.8 Å². The first-order chi connectivity index (χ1) is 18.3. The molecule has 0 saturated carbocycles. The van der Waals surface area contributed by atoms with Gasteiger partial charge in [0.2, 0.25) is 5.91 Å². The number of nitrogens with two attached hydrogens (primary N) is 2. The second-order valence-electron chi connectivity index (χ2n) is 8.55. The number of nitrogens with one attached hydrogen (secondary N) is 1. The van der Waals surface area contributed by atoms with Crippen LogP contribution in [0.4, 0.5) is 11.4 Å². The average Bonchev–Trinajstić information content (AvgIpc) is 3.59. The fourth-order valence-corrected chi connectivity index (χ4v) is 5.01. The van der Waals surface area contributed by atoms with Crippen LogP contribution < -0.4 is 31.2 Å². The van der Waals surface area contributed by atoms with E-state index in [1.54, 1.807) is 48.5 Å². The van der Waals surface area contributed by atoms with Gasteiger partial charge in [0.25, 0.3) is 11.8 Å². The third-order valence-corrected chi connectivity index (χ3v) is 7.02. The van der Waals surface area contributed by atoms with Gasteiger partial charge in [0.05, 0.1) is 26.0 Å². The summed E-state index contributed by atoms with van der Waals surface area (Å²) in [6.45, 7) is 0.926. The van der Waals surface area contributed by atoms with E-state index in [1.165, 1.54) is 19.1 Å². The highest BCUT2D eigenvalue weighted by molar-refractivity contribution is 7.09. The molecular weight excluding hydrogens is 510 g/mol. The monoisotopic (exact) mass is 539 g/mol. The molecule has 0 unspecified atom stereocenters. The van der Waals surface area contributed by atoms with E-state index in [0.717, 1.165) is 24.4 Å². The van der Waals surface area contributed by atoms with Crippen LogP contribution in [0.2, 0.25) is 0 Å². The lowest BCUT2D eigenvalue weighted by molar-refractivity contribution is -0.123. The van der Waals surface area contributed by atoms with Gasteiger partial charge < -0.3 is 31.0 Å². The number of hydrogen-bond donors (Lipinski definition) is 3. The fraction of sp³-hybridized carbons (Fsp3) is 0.308. The topological polar surface area (TPSA) is 159 Å². The average molecular weight is 540 g/mol. The number of ether oxygens (including phenoxy) is 3. The molecule has 2 aromatic carbocycles. The highest BCUT2D eigenvalue weighted by atomic mass is 32.1. The van der Waals surface area contributed by atoms with Gasteiger partial charge in [-0.05, 0) is 54.2 Å². The molecular formula is C26H29N5O6S. The normalized spacial score (nSPS) is 15.5. The van der Waals surface area contributed by atoms with E-state index in [-0.39, 0.29) is 28.9 Å². The summed E-state index contributed by atoms with van der Waals surface area (Å²) in [6, 6.07) is 12.5. The molecule has 0 spiro atoms. The molecule has 0 radical (unpaired) electrons. The molecule has 0 aliphatic carbocycles. The molecule has 1 aromatic heterocycles. The molecule has 1 aliphatic heterocycles. The van der Waals surface area contributed by atoms with Crippen molar-refractivity contribution in [2.45, 2.75) is 25.0 Å². The van der Waals surface area contributed by atoms with Crippen LogP contribution in [0.1, 0.15) is 44.6 Å². The number of aromatic nitrogens is 1. The van der Waals surface area contributed by atoms with Crippen molar-refractivity contribution in [3.05, 3.63) is 64.7 Å². The van der Waals surface area contributed by atoms with E-state index in [1.807, 2.05) is 0 Å². The number of amides is 3. The van der Waals surface area contributed by atoms with Crippen molar-refractivity contribution in [3.8, 4) is 11.5 Å². The van der Waals surface area contributed by atoms with Gasteiger partial charge in [-0.25, -0.2) is 0 Å². The SMILES string of the molecule is COc1ccc([C@@H](C(=O)NC[C@H]2CCCO2)N(C(=O)c2snc(C(N)=O)c2N)c2ccccc2)cc1OC. The molecule has 3 amide bonds. The Morgan fingerprint density at radius 1 is 1.16 bits per heavy atom. The molecule has 1 saturated heterocycles. The van der Waals surface area contributed by atoms with Crippen molar-refractivity contribution in [1.82, 2.24) is 9.69 Å². The Balaban J connectivity index is 1.83. The van der Waals surface area contributed by atoms with Gasteiger partial charge in [0.1, 0.15) is 10.9 Å². The van der Waals surface area contributed by atoms with Crippen molar-refractivity contribution in [3.63, 3.8) is 0 Å². The summed E-state index contributed by atoms with van der Waals surface area (Å²) in [5, 5.41) is 2.94. The summed E-state index contributed by atoms with van der Waals surface area (Å²) < 4.78 is 20.5. The highest BCUT2D eigenvalue weighted by Gasteiger charge is 2.36. The van der Waals surface area contributed by atoms with Crippen LogP contribution in [-0.4, -0.2) is 55.6 Å². The van der Waals surface area contributed by atoms with Crippen molar-refractivity contribution in [2.24, 2.45) is 5.73 Å². The summed E-state index contributed by atoms with van der Waals surface area (Å²) in [4.78, 5) is 41.0. The number of anilines is 2. The van der Waals surface area contributed by atoms with Crippen LogP contribution in [-0.2, 0) is 9.53 Å². The maximum Gasteiger partial charge on any atom is 0.273 e. The maximum absolute atomic E-state index is 14.1. The number of methoxy groups -OCH3 is 2. The largest absolute Gasteiger partial charge is 0.493 e. The number of carbonyl (C=O) groups is 3. The number of carbonyl (C=O) groups excluding carboxylic acids is 3. The molecule has 2 heterocycles. The maximum atomic E-state index is 14.1. The molecule has 200 valence electrons. The second kappa shape index (κ2) is 11.9. The fourth-order valence-electron chi connectivity index (χ4n) is 4.27. The number of rotatable bonds is 10. The Hall–Kier alpha value is -4.16. The van der Waals surface area contributed by atoms with Gasteiger partial charge in [0, 0.05) is 18.8 Å². The number of hydrogen-bond acceptors (Lipinski definition) is 9. The third kappa shape index (κ3) is 5.55.